The number of aromatic nitrogens is 2. The van der Waals surface area contributed by atoms with Crippen molar-refractivity contribution in [3.63, 3.8) is 0 Å². The molecule has 1 unspecified atom stereocenters. The molecule has 1 aliphatic heterocycles. The van der Waals surface area contributed by atoms with Crippen molar-refractivity contribution < 1.29 is 9.53 Å². The standard InChI is InChI=1S/C22H36N4O2/c1-4-5-7-17-9-11-18(12-10-17)22(27)26-15-6-8-19(16-26)28-21-20(25(2)3)23-13-14-24-21/h13-14,17-19H,4-12,15-16H2,1-3H3. The Hall–Kier alpha value is -1.85. The van der Waals surface area contributed by atoms with Gasteiger partial charge in [0, 0.05) is 39.0 Å². The molecule has 2 fully saturated rings. The molecule has 2 heterocycles. The van der Waals surface area contributed by atoms with E-state index in [1.807, 2.05) is 23.9 Å². The van der Waals surface area contributed by atoms with Gasteiger partial charge >= 0.3 is 0 Å². The van der Waals surface area contributed by atoms with Gasteiger partial charge in [0.25, 0.3) is 5.88 Å². The van der Waals surface area contributed by atoms with Crippen molar-refractivity contribution in [2.24, 2.45) is 11.8 Å². The van der Waals surface area contributed by atoms with Gasteiger partial charge in [0.05, 0.1) is 6.54 Å². The van der Waals surface area contributed by atoms with Crippen molar-refractivity contribution in [1.82, 2.24) is 14.9 Å². The monoisotopic (exact) mass is 388 g/mol. The van der Waals surface area contributed by atoms with Crippen LogP contribution in [0.5, 0.6) is 5.88 Å². The van der Waals surface area contributed by atoms with Crippen LogP contribution >= 0.6 is 0 Å². The summed E-state index contributed by atoms with van der Waals surface area (Å²) in [6, 6.07) is 0. The van der Waals surface area contributed by atoms with Gasteiger partial charge in [0.15, 0.2) is 5.82 Å². The van der Waals surface area contributed by atoms with Crippen molar-refractivity contribution in [3.8, 4) is 5.88 Å². The predicted molar refractivity (Wildman–Crippen MR) is 112 cm³/mol. The van der Waals surface area contributed by atoms with E-state index in [-0.39, 0.29) is 12.0 Å². The van der Waals surface area contributed by atoms with Crippen LogP contribution in [0.25, 0.3) is 0 Å². The number of likely N-dealkylation sites (tertiary alicyclic amines) is 1. The van der Waals surface area contributed by atoms with E-state index in [2.05, 4.69) is 16.9 Å². The second-order valence-electron chi connectivity index (χ2n) is 8.61. The number of carbonyl (C=O) groups excluding carboxylic acids is 1. The highest BCUT2D eigenvalue weighted by Gasteiger charge is 2.32. The van der Waals surface area contributed by atoms with E-state index in [4.69, 9.17) is 4.74 Å². The fourth-order valence-electron chi connectivity index (χ4n) is 4.55. The normalized spacial score (nSPS) is 25.4. The van der Waals surface area contributed by atoms with Crippen LogP contribution < -0.4 is 9.64 Å². The lowest BCUT2D eigenvalue weighted by Crippen LogP contribution is -2.47. The first kappa shape index (κ1) is 20.9. The van der Waals surface area contributed by atoms with E-state index in [9.17, 15) is 4.79 Å². The van der Waals surface area contributed by atoms with Crippen LogP contribution in [0.4, 0.5) is 5.82 Å². The van der Waals surface area contributed by atoms with E-state index in [0.717, 1.165) is 44.0 Å². The summed E-state index contributed by atoms with van der Waals surface area (Å²) < 4.78 is 6.17. The average molecular weight is 389 g/mol. The lowest BCUT2D eigenvalue weighted by molar-refractivity contribution is -0.139. The Bertz CT molecular complexity index is 629. The van der Waals surface area contributed by atoms with E-state index >= 15 is 0 Å². The zero-order valence-corrected chi connectivity index (χ0v) is 17.8. The number of anilines is 1. The fraction of sp³-hybridized carbons (Fsp3) is 0.773. The summed E-state index contributed by atoms with van der Waals surface area (Å²) in [5, 5.41) is 0. The number of carbonyl (C=O) groups is 1. The molecule has 0 N–H and O–H groups in total. The summed E-state index contributed by atoms with van der Waals surface area (Å²) in [6.07, 6.45) is 13.8. The third kappa shape index (κ3) is 5.36. The summed E-state index contributed by atoms with van der Waals surface area (Å²) in [5.41, 5.74) is 0. The van der Waals surface area contributed by atoms with Crippen LogP contribution in [0, 0.1) is 11.8 Å². The molecule has 0 aromatic carbocycles. The largest absolute Gasteiger partial charge is 0.470 e. The van der Waals surface area contributed by atoms with Crippen LogP contribution in [0.1, 0.15) is 64.7 Å². The van der Waals surface area contributed by atoms with Gasteiger partial charge in [0.1, 0.15) is 6.10 Å². The Morgan fingerprint density at radius 3 is 2.64 bits per heavy atom. The lowest BCUT2D eigenvalue weighted by Gasteiger charge is -2.37. The Morgan fingerprint density at radius 1 is 1.18 bits per heavy atom. The third-order valence-electron chi connectivity index (χ3n) is 6.20. The molecule has 6 nitrogen and oxygen atoms in total. The van der Waals surface area contributed by atoms with Crippen LogP contribution in [0.15, 0.2) is 12.4 Å². The molecule has 1 amide bonds. The number of nitrogens with zero attached hydrogens (tertiary/aromatic N) is 4. The molecule has 1 aromatic heterocycles. The first-order valence-corrected chi connectivity index (χ1v) is 11.0. The molecule has 0 radical (unpaired) electrons. The van der Waals surface area contributed by atoms with Gasteiger partial charge in [0.2, 0.25) is 5.91 Å². The smallest absolute Gasteiger partial charge is 0.257 e. The summed E-state index contributed by atoms with van der Waals surface area (Å²) >= 11 is 0. The molecule has 0 bridgehead atoms. The average Bonchev–Trinajstić information content (AvgIpc) is 2.72. The Balaban J connectivity index is 1.53. The molecule has 3 rings (SSSR count). The quantitative estimate of drug-likeness (QED) is 0.709. The maximum atomic E-state index is 13.1. The highest BCUT2D eigenvalue weighted by atomic mass is 16.5. The first-order chi connectivity index (χ1) is 13.6. The Labute approximate surface area is 169 Å². The number of rotatable bonds is 7. The molecule has 1 aliphatic carbocycles. The van der Waals surface area contributed by atoms with Gasteiger partial charge in [-0.15, -0.1) is 0 Å². The third-order valence-corrected chi connectivity index (χ3v) is 6.20. The maximum Gasteiger partial charge on any atom is 0.257 e. The first-order valence-electron chi connectivity index (χ1n) is 11.0. The summed E-state index contributed by atoms with van der Waals surface area (Å²) in [6.45, 7) is 3.78. The number of hydrogen-bond acceptors (Lipinski definition) is 5. The molecule has 1 saturated heterocycles. The van der Waals surface area contributed by atoms with Gasteiger partial charge < -0.3 is 14.5 Å². The number of amides is 1. The van der Waals surface area contributed by atoms with Crippen LogP contribution in [0.3, 0.4) is 0 Å². The second kappa shape index (κ2) is 10.1. The summed E-state index contributed by atoms with van der Waals surface area (Å²) in [4.78, 5) is 25.7. The van der Waals surface area contributed by atoms with E-state index in [0.29, 0.717) is 18.3 Å². The summed E-state index contributed by atoms with van der Waals surface area (Å²) in [7, 11) is 3.87. The van der Waals surface area contributed by atoms with Crippen molar-refractivity contribution in [2.75, 3.05) is 32.1 Å². The molecule has 0 spiro atoms. The minimum absolute atomic E-state index is 0.00556. The van der Waals surface area contributed by atoms with Crippen LogP contribution in [0.2, 0.25) is 0 Å². The number of ether oxygens (including phenoxy) is 1. The maximum absolute atomic E-state index is 13.1. The molecule has 1 atom stereocenters. The van der Waals surface area contributed by atoms with Crippen LogP contribution in [-0.2, 0) is 4.79 Å². The van der Waals surface area contributed by atoms with Gasteiger partial charge in [-0.05, 0) is 44.4 Å². The highest BCUT2D eigenvalue weighted by Crippen LogP contribution is 2.33. The molecule has 156 valence electrons. The molecule has 1 aromatic rings. The van der Waals surface area contributed by atoms with Crippen molar-refractivity contribution >= 4 is 11.7 Å². The minimum Gasteiger partial charge on any atom is -0.470 e. The van der Waals surface area contributed by atoms with Gasteiger partial charge in [-0.2, -0.15) is 0 Å². The van der Waals surface area contributed by atoms with Crippen molar-refractivity contribution in [1.29, 1.82) is 0 Å². The number of unbranched alkanes of at least 4 members (excludes halogenated alkanes) is 1. The minimum atomic E-state index is -0.00556. The van der Waals surface area contributed by atoms with Crippen LogP contribution in [-0.4, -0.2) is 54.1 Å². The molecular weight excluding hydrogens is 352 g/mol. The molecule has 2 aliphatic rings. The molecular formula is C22H36N4O2. The van der Waals surface area contributed by atoms with E-state index in [1.165, 1.54) is 32.1 Å². The predicted octanol–water partition coefficient (Wildman–Crippen LogP) is 3.91. The summed E-state index contributed by atoms with van der Waals surface area (Å²) in [5.74, 6) is 2.68. The van der Waals surface area contributed by atoms with E-state index < -0.39 is 0 Å². The van der Waals surface area contributed by atoms with Gasteiger partial charge in [-0.3, -0.25) is 4.79 Å². The van der Waals surface area contributed by atoms with E-state index in [1.54, 1.807) is 12.4 Å². The van der Waals surface area contributed by atoms with Crippen molar-refractivity contribution in [3.05, 3.63) is 12.4 Å². The molecule has 1 saturated carbocycles. The Kier molecular flexibility index (Phi) is 7.51. The number of piperidine rings is 1. The second-order valence-corrected chi connectivity index (χ2v) is 8.61. The fourth-order valence-corrected chi connectivity index (χ4v) is 4.55. The highest BCUT2D eigenvalue weighted by molar-refractivity contribution is 5.79. The Morgan fingerprint density at radius 2 is 1.93 bits per heavy atom. The number of hydrogen-bond donors (Lipinski definition) is 0. The van der Waals surface area contributed by atoms with Crippen molar-refractivity contribution in [2.45, 2.75) is 70.8 Å². The molecule has 28 heavy (non-hydrogen) atoms. The topological polar surface area (TPSA) is 58.6 Å². The zero-order chi connectivity index (χ0) is 19.9. The SMILES string of the molecule is CCCCC1CCC(C(=O)N2CCCC(Oc3nccnc3N(C)C)C2)CC1. The van der Waals surface area contributed by atoms with Gasteiger partial charge in [-0.25, -0.2) is 9.97 Å². The lowest BCUT2D eigenvalue weighted by atomic mass is 9.79. The van der Waals surface area contributed by atoms with Gasteiger partial charge in [-0.1, -0.05) is 26.2 Å². The zero-order valence-electron chi connectivity index (χ0n) is 17.8. The molecule has 6 heteroatoms.